The highest BCUT2D eigenvalue weighted by Gasteiger charge is 2.44. The normalized spacial score (nSPS) is 18.2. The Balaban J connectivity index is 0.00000361. The van der Waals surface area contributed by atoms with Crippen molar-refractivity contribution in [3.8, 4) is 0 Å². The molecule has 0 heterocycles. The largest absolute Gasteiger partial charge is 1.00 e. The van der Waals surface area contributed by atoms with Crippen LogP contribution >= 0.6 is 7.26 Å². The summed E-state index contributed by atoms with van der Waals surface area (Å²) in [5, 5.41) is 14.5. The fourth-order valence-electron chi connectivity index (χ4n) is 5.55. The fourth-order valence-corrected chi connectivity index (χ4v) is 9.69. The lowest BCUT2D eigenvalue weighted by Gasteiger charge is -2.35. The molecule has 3 heteroatoms. The average molecular weight is 517 g/mol. The van der Waals surface area contributed by atoms with Crippen molar-refractivity contribution in [1.82, 2.24) is 0 Å². The highest BCUT2D eigenvalue weighted by Crippen LogP contribution is 2.55. The van der Waals surface area contributed by atoms with E-state index in [1.807, 2.05) is 0 Å². The van der Waals surface area contributed by atoms with Gasteiger partial charge >= 0.3 is 0 Å². The highest BCUT2D eigenvalue weighted by molar-refractivity contribution is 7.95. The number of rotatable bonds is 7. The number of hydrogen-bond acceptors (Lipinski definition) is 1. The number of halogens is 1. The number of benzene rings is 3. The van der Waals surface area contributed by atoms with Gasteiger partial charge in [0.1, 0.15) is 23.2 Å². The maximum Gasteiger partial charge on any atom is 0.115 e. The Morgan fingerprint density at radius 3 is 1.72 bits per heavy atom. The van der Waals surface area contributed by atoms with Crippen LogP contribution < -0.4 is 28.3 Å². The van der Waals surface area contributed by atoms with Crippen LogP contribution in [0.3, 0.4) is 0 Å². The van der Waals surface area contributed by atoms with Gasteiger partial charge in [-0.25, -0.2) is 0 Å². The van der Waals surface area contributed by atoms with Gasteiger partial charge in [-0.1, -0.05) is 91.7 Å². The Morgan fingerprint density at radius 1 is 0.861 bits per heavy atom. The Hall–Kier alpha value is -2.44. The molecular weight excluding hydrogens is 479 g/mol. The molecule has 1 unspecified atom stereocenters. The summed E-state index contributed by atoms with van der Waals surface area (Å²) in [4.78, 5) is 0. The van der Waals surface area contributed by atoms with Crippen LogP contribution in [0.4, 0.5) is 0 Å². The molecule has 1 nitrogen and oxygen atoms in total. The van der Waals surface area contributed by atoms with Crippen LogP contribution in [0.5, 0.6) is 0 Å². The van der Waals surface area contributed by atoms with Crippen molar-refractivity contribution >= 4 is 23.2 Å². The van der Waals surface area contributed by atoms with Gasteiger partial charge in [-0.15, -0.1) is 0 Å². The summed E-state index contributed by atoms with van der Waals surface area (Å²) in [6.07, 6.45) is 9.33. The molecule has 1 aliphatic carbocycles. The molecule has 0 saturated heterocycles. The quantitative estimate of drug-likeness (QED) is 0.372. The van der Waals surface area contributed by atoms with Gasteiger partial charge in [0, 0.05) is 0 Å². The van der Waals surface area contributed by atoms with E-state index in [2.05, 4.69) is 137 Å². The highest BCUT2D eigenvalue weighted by atomic mass is 35.5. The van der Waals surface area contributed by atoms with Gasteiger partial charge < -0.3 is 17.5 Å². The molecule has 0 radical (unpaired) electrons. The smallest absolute Gasteiger partial charge is 0.115 e. The monoisotopic (exact) mass is 516 g/mol. The molecular formula is C33H38ClOP. The maximum atomic E-state index is 10.2. The summed E-state index contributed by atoms with van der Waals surface area (Å²) in [5.41, 5.74) is 3.94. The van der Waals surface area contributed by atoms with Gasteiger partial charge in [0.25, 0.3) is 0 Å². The first-order valence-electron chi connectivity index (χ1n) is 12.6. The van der Waals surface area contributed by atoms with Gasteiger partial charge in [0.2, 0.25) is 0 Å². The topological polar surface area (TPSA) is 20.2 Å². The Labute approximate surface area is 224 Å². The molecule has 3 aromatic rings. The van der Waals surface area contributed by atoms with E-state index in [0.717, 1.165) is 19.0 Å². The zero-order chi connectivity index (χ0) is 24.9. The minimum absolute atomic E-state index is 0. The third-order valence-corrected chi connectivity index (χ3v) is 11.5. The van der Waals surface area contributed by atoms with Crippen LogP contribution in [0.1, 0.15) is 40.5 Å². The summed E-state index contributed by atoms with van der Waals surface area (Å²) in [6.45, 7) is 8.87. The molecule has 0 saturated carbocycles. The lowest BCUT2D eigenvalue weighted by molar-refractivity contribution is -0.0000117. The number of aliphatic hydroxyl groups excluding tert-OH is 1. The molecule has 0 fully saturated rings. The molecule has 0 aromatic heterocycles. The standard InChI is InChI=1S/C33H38OP.ClH/c1-26(20-21-32-27(2)24-28(34)25-33(32,3)4)22-23-35(29-14-8-5-9-15-29,30-16-10-6-11-17-30)31-18-12-7-13-19-31;/h5-22,28,34H,23-25H2,1-4H3;1H/q+1;/p-1. The predicted molar refractivity (Wildman–Crippen MR) is 155 cm³/mol. The van der Waals surface area contributed by atoms with Gasteiger partial charge in [-0.3, -0.25) is 0 Å². The number of aliphatic hydroxyl groups is 1. The number of allylic oxidation sites excluding steroid dienone is 5. The second-order valence-electron chi connectivity index (χ2n) is 10.4. The van der Waals surface area contributed by atoms with Crippen LogP contribution in [0, 0.1) is 5.41 Å². The number of hydrogen-bond donors (Lipinski definition) is 1. The van der Waals surface area contributed by atoms with Crippen LogP contribution in [0.2, 0.25) is 0 Å². The first kappa shape index (κ1) is 28.1. The fraction of sp³-hybridized carbons (Fsp3) is 0.273. The molecule has 188 valence electrons. The van der Waals surface area contributed by atoms with E-state index in [1.165, 1.54) is 32.6 Å². The molecule has 0 amide bonds. The summed E-state index contributed by atoms with van der Waals surface area (Å²) >= 11 is 0. The molecule has 4 rings (SSSR count). The van der Waals surface area contributed by atoms with E-state index in [-0.39, 0.29) is 23.9 Å². The molecule has 1 N–H and O–H groups in total. The van der Waals surface area contributed by atoms with E-state index in [0.29, 0.717) is 0 Å². The maximum absolute atomic E-state index is 10.2. The lowest BCUT2D eigenvalue weighted by atomic mass is 9.71. The van der Waals surface area contributed by atoms with E-state index in [1.54, 1.807) is 0 Å². The third-order valence-electron chi connectivity index (χ3n) is 7.27. The molecule has 1 atom stereocenters. The van der Waals surface area contributed by atoms with Gasteiger partial charge in [0.15, 0.2) is 0 Å². The van der Waals surface area contributed by atoms with Crippen LogP contribution in [0.15, 0.2) is 126 Å². The van der Waals surface area contributed by atoms with Crippen molar-refractivity contribution in [2.45, 2.75) is 46.6 Å². The molecule has 1 aliphatic rings. The summed E-state index contributed by atoms with van der Waals surface area (Å²) < 4.78 is 0. The van der Waals surface area contributed by atoms with Crippen molar-refractivity contribution in [2.24, 2.45) is 5.41 Å². The summed E-state index contributed by atoms with van der Waals surface area (Å²) in [7, 11) is -1.86. The molecule has 0 bridgehead atoms. The minimum Gasteiger partial charge on any atom is -1.00 e. The zero-order valence-corrected chi connectivity index (χ0v) is 23.5. The second-order valence-corrected chi connectivity index (χ2v) is 14.0. The Morgan fingerprint density at radius 2 is 1.31 bits per heavy atom. The van der Waals surface area contributed by atoms with Crippen molar-refractivity contribution in [3.05, 3.63) is 126 Å². The lowest BCUT2D eigenvalue weighted by Crippen LogP contribution is -3.00. The summed E-state index contributed by atoms with van der Waals surface area (Å²) in [5.74, 6) is 0. The average Bonchev–Trinajstić information content (AvgIpc) is 2.85. The second kappa shape index (κ2) is 12.2. The SMILES string of the molecule is CC(C=CC1=C(C)CC(O)CC1(C)C)=CC[P+](c1ccccc1)(c1ccccc1)c1ccccc1.[Cl-]. The minimum atomic E-state index is -1.86. The van der Waals surface area contributed by atoms with Crippen LogP contribution in [0.25, 0.3) is 0 Å². The molecule has 0 spiro atoms. The molecule has 3 aromatic carbocycles. The van der Waals surface area contributed by atoms with Crippen molar-refractivity contribution in [1.29, 1.82) is 0 Å². The van der Waals surface area contributed by atoms with E-state index in [9.17, 15) is 5.11 Å². The van der Waals surface area contributed by atoms with Crippen molar-refractivity contribution in [3.63, 3.8) is 0 Å². The summed E-state index contributed by atoms with van der Waals surface area (Å²) in [6, 6.07) is 33.1. The van der Waals surface area contributed by atoms with E-state index >= 15 is 0 Å². The van der Waals surface area contributed by atoms with E-state index < -0.39 is 7.26 Å². The molecule has 36 heavy (non-hydrogen) atoms. The first-order valence-corrected chi connectivity index (χ1v) is 14.6. The van der Waals surface area contributed by atoms with Crippen molar-refractivity contribution < 1.29 is 17.5 Å². The van der Waals surface area contributed by atoms with Gasteiger partial charge in [-0.2, -0.15) is 0 Å². The predicted octanol–water partition coefficient (Wildman–Crippen LogP) is 3.98. The van der Waals surface area contributed by atoms with Crippen LogP contribution in [-0.4, -0.2) is 17.4 Å². The molecule has 0 aliphatic heterocycles. The van der Waals surface area contributed by atoms with Gasteiger partial charge in [0.05, 0.1) is 12.3 Å². The zero-order valence-electron chi connectivity index (χ0n) is 21.9. The van der Waals surface area contributed by atoms with Gasteiger partial charge in [-0.05, 0) is 80.2 Å². The van der Waals surface area contributed by atoms with E-state index in [4.69, 9.17) is 0 Å². The van der Waals surface area contributed by atoms with Crippen molar-refractivity contribution in [2.75, 3.05) is 6.16 Å². The first-order chi connectivity index (χ1) is 16.8. The van der Waals surface area contributed by atoms with Crippen LogP contribution in [-0.2, 0) is 0 Å². The Bertz CT molecular complexity index is 1110. The Kier molecular flexibility index (Phi) is 9.53. The third kappa shape index (κ3) is 6.09.